The van der Waals surface area contributed by atoms with Gasteiger partial charge in [0, 0.05) is 17.1 Å². The quantitative estimate of drug-likeness (QED) is 0.657. The number of para-hydroxylation sites is 1. The molecule has 0 spiro atoms. The molecule has 0 unspecified atom stereocenters. The van der Waals surface area contributed by atoms with Crippen molar-refractivity contribution < 1.29 is 17.6 Å². The number of rotatable bonds is 2. The van der Waals surface area contributed by atoms with E-state index in [4.69, 9.17) is 5.26 Å². The van der Waals surface area contributed by atoms with E-state index in [0.717, 1.165) is 12.1 Å². The Balaban J connectivity index is 2.12. The highest BCUT2D eigenvalue weighted by Crippen LogP contribution is 2.30. The van der Waals surface area contributed by atoms with Crippen LogP contribution in [0, 0.1) is 17.1 Å². The van der Waals surface area contributed by atoms with Crippen molar-refractivity contribution in [2.24, 2.45) is 0 Å². The monoisotopic (exact) mass is 346 g/mol. The average Bonchev–Trinajstić information content (AvgIpc) is 2.58. The SMILES string of the molecule is N#Cc1cn(Cc2ccc(C(F)(F)F)cc2F)c2ccccc2c1=O. The second-order valence-electron chi connectivity index (χ2n) is 5.43. The fraction of sp³-hybridized carbons (Fsp3) is 0.111. The van der Waals surface area contributed by atoms with Gasteiger partial charge in [0.25, 0.3) is 0 Å². The van der Waals surface area contributed by atoms with E-state index < -0.39 is 23.0 Å². The summed E-state index contributed by atoms with van der Waals surface area (Å²) in [6, 6.07) is 10.5. The van der Waals surface area contributed by atoms with Gasteiger partial charge in [-0.15, -0.1) is 0 Å². The Labute approximate surface area is 139 Å². The smallest absolute Gasteiger partial charge is 0.341 e. The van der Waals surface area contributed by atoms with E-state index in [1.807, 2.05) is 0 Å². The van der Waals surface area contributed by atoms with Crippen molar-refractivity contribution in [2.45, 2.75) is 12.7 Å². The van der Waals surface area contributed by atoms with Gasteiger partial charge >= 0.3 is 6.18 Å². The van der Waals surface area contributed by atoms with Crippen LogP contribution in [0.4, 0.5) is 17.6 Å². The van der Waals surface area contributed by atoms with Crippen molar-refractivity contribution >= 4 is 10.9 Å². The van der Waals surface area contributed by atoms with Crippen molar-refractivity contribution in [3.63, 3.8) is 0 Å². The van der Waals surface area contributed by atoms with Crippen LogP contribution in [0.2, 0.25) is 0 Å². The maximum absolute atomic E-state index is 14.1. The molecule has 0 amide bonds. The first-order valence-electron chi connectivity index (χ1n) is 7.19. The minimum absolute atomic E-state index is 0.0192. The second-order valence-corrected chi connectivity index (χ2v) is 5.43. The molecule has 0 aliphatic rings. The normalized spacial score (nSPS) is 11.5. The standard InChI is InChI=1S/C18H10F4N2O/c19-15-7-13(18(20,21)22)6-5-11(15)9-24-10-12(8-23)17(25)14-3-1-2-4-16(14)24/h1-7,10H,9H2. The van der Waals surface area contributed by atoms with Crippen LogP contribution in [0.1, 0.15) is 16.7 Å². The van der Waals surface area contributed by atoms with Gasteiger partial charge in [-0.2, -0.15) is 18.4 Å². The summed E-state index contributed by atoms with van der Waals surface area (Å²) in [6.45, 7) is -0.112. The van der Waals surface area contributed by atoms with Crippen LogP contribution in [0.5, 0.6) is 0 Å². The topological polar surface area (TPSA) is 45.8 Å². The molecule has 0 radical (unpaired) electrons. The highest BCUT2D eigenvalue weighted by atomic mass is 19.4. The van der Waals surface area contributed by atoms with Gasteiger partial charge in [-0.25, -0.2) is 4.39 Å². The number of benzene rings is 2. The lowest BCUT2D eigenvalue weighted by atomic mass is 10.1. The van der Waals surface area contributed by atoms with Gasteiger partial charge in [-0.3, -0.25) is 4.79 Å². The number of halogens is 4. The first-order valence-corrected chi connectivity index (χ1v) is 7.19. The van der Waals surface area contributed by atoms with Crippen LogP contribution < -0.4 is 5.43 Å². The molecule has 0 saturated carbocycles. The lowest BCUT2D eigenvalue weighted by molar-refractivity contribution is -0.137. The average molecular weight is 346 g/mol. The van der Waals surface area contributed by atoms with Crippen molar-refractivity contribution in [1.29, 1.82) is 5.26 Å². The molecule has 1 aromatic heterocycles. The van der Waals surface area contributed by atoms with Crippen molar-refractivity contribution in [3.05, 3.63) is 81.4 Å². The van der Waals surface area contributed by atoms with Crippen molar-refractivity contribution in [2.75, 3.05) is 0 Å². The summed E-state index contributed by atoms with van der Waals surface area (Å²) in [4.78, 5) is 12.2. The molecular formula is C18H10F4N2O. The molecular weight excluding hydrogens is 336 g/mol. The predicted molar refractivity (Wildman–Crippen MR) is 83.4 cm³/mol. The van der Waals surface area contributed by atoms with E-state index in [0.29, 0.717) is 11.6 Å². The number of nitrogens with zero attached hydrogens (tertiary/aromatic N) is 2. The molecule has 0 fully saturated rings. The van der Waals surface area contributed by atoms with E-state index in [-0.39, 0.29) is 23.1 Å². The fourth-order valence-corrected chi connectivity index (χ4v) is 2.59. The van der Waals surface area contributed by atoms with Crippen LogP contribution in [-0.2, 0) is 12.7 Å². The summed E-state index contributed by atoms with van der Waals surface area (Å²) in [6.07, 6.45) is -3.35. The highest BCUT2D eigenvalue weighted by Gasteiger charge is 2.31. The first kappa shape index (κ1) is 16.7. The highest BCUT2D eigenvalue weighted by molar-refractivity contribution is 5.80. The number of nitriles is 1. The zero-order valence-electron chi connectivity index (χ0n) is 12.6. The van der Waals surface area contributed by atoms with Crippen LogP contribution in [-0.4, -0.2) is 4.57 Å². The molecule has 0 aliphatic carbocycles. The Morgan fingerprint density at radius 1 is 1.12 bits per heavy atom. The molecule has 25 heavy (non-hydrogen) atoms. The third kappa shape index (κ3) is 3.11. The molecule has 1 heterocycles. The molecule has 0 atom stereocenters. The summed E-state index contributed by atoms with van der Waals surface area (Å²) < 4.78 is 53.5. The number of hydrogen-bond donors (Lipinski definition) is 0. The lowest BCUT2D eigenvalue weighted by Gasteiger charge is -2.13. The van der Waals surface area contributed by atoms with Gasteiger partial charge in [0.05, 0.1) is 17.6 Å². The largest absolute Gasteiger partial charge is 0.416 e. The Hall–Kier alpha value is -3.14. The van der Waals surface area contributed by atoms with Gasteiger partial charge in [0.1, 0.15) is 17.4 Å². The third-order valence-electron chi connectivity index (χ3n) is 3.83. The Bertz CT molecular complexity index is 1060. The van der Waals surface area contributed by atoms with E-state index in [9.17, 15) is 22.4 Å². The second kappa shape index (κ2) is 6.06. The summed E-state index contributed by atoms with van der Waals surface area (Å²) in [5, 5.41) is 9.37. The van der Waals surface area contributed by atoms with Crippen molar-refractivity contribution in [1.82, 2.24) is 4.57 Å². The molecule has 7 heteroatoms. The lowest BCUT2D eigenvalue weighted by Crippen LogP contribution is -2.14. The van der Waals surface area contributed by atoms with Gasteiger partial charge in [-0.1, -0.05) is 18.2 Å². The molecule has 0 N–H and O–H groups in total. The minimum Gasteiger partial charge on any atom is -0.341 e. The van der Waals surface area contributed by atoms with Crippen LogP contribution in [0.15, 0.2) is 53.5 Å². The van der Waals surface area contributed by atoms with E-state index in [2.05, 4.69) is 0 Å². The van der Waals surface area contributed by atoms with E-state index in [1.54, 1.807) is 24.3 Å². The van der Waals surface area contributed by atoms with Crippen molar-refractivity contribution in [3.8, 4) is 6.07 Å². The molecule has 3 nitrogen and oxygen atoms in total. The number of hydrogen-bond acceptors (Lipinski definition) is 2. The maximum Gasteiger partial charge on any atom is 0.416 e. The molecule has 0 saturated heterocycles. The summed E-state index contributed by atoms with van der Waals surface area (Å²) in [5.41, 5.74) is -1.15. The molecule has 3 aromatic rings. The van der Waals surface area contributed by atoms with E-state index >= 15 is 0 Å². The molecule has 3 rings (SSSR count). The van der Waals surface area contributed by atoms with Gasteiger partial charge in [0.2, 0.25) is 5.43 Å². The van der Waals surface area contributed by atoms with Gasteiger partial charge in [0.15, 0.2) is 0 Å². The molecule has 126 valence electrons. The van der Waals surface area contributed by atoms with Crippen LogP contribution in [0.25, 0.3) is 10.9 Å². The van der Waals surface area contributed by atoms with Gasteiger partial charge in [-0.05, 0) is 24.3 Å². The third-order valence-corrected chi connectivity index (χ3v) is 3.83. The van der Waals surface area contributed by atoms with E-state index in [1.165, 1.54) is 16.8 Å². The van der Waals surface area contributed by atoms with Crippen LogP contribution >= 0.6 is 0 Å². The Morgan fingerprint density at radius 2 is 1.84 bits per heavy atom. The number of pyridine rings is 1. The Kier molecular flexibility index (Phi) is 4.05. The molecule has 0 aliphatic heterocycles. The number of aromatic nitrogens is 1. The number of alkyl halides is 3. The fourth-order valence-electron chi connectivity index (χ4n) is 2.59. The zero-order valence-corrected chi connectivity index (χ0v) is 12.6. The minimum atomic E-state index is -4.63. The molecule has 0 bridgehead atoms. The summed E-state index contributed by atoms with van der Waals surface area (Å²) in [7, 11) is 0. The first-order chi connectivity index (χ1) is 11.8. The van der Waals surface area contributed by atoms with Gasteiger partial charge < -0.3 is 4.57 Å². The Morgan fingerprint density at radius 3 is 2.48 bits per heavy atom. The maximum atomic E-state index is 14.1. The molecule has 2 aromatic carbocycles. The van der Waals surface area contributed by atoms with Crippen LogP contribution in [0.3, 0.4) is 0 Å². The summed E-state index contributed by atoms with van der Waals surface area (Å²) in [5.74, 6) is -1.00. The summed E-state index contributed by atoms with van der Waals surface area (Å²) >= 11 is 0. The predicted octanol–water partition coefficient (Wildman–Crippen LogP) is 4.08. The zero-order chi connectivity index (χ0) is 18.2. The number of fused-ring (bicyclic) bond motifs is 1.